The molecule has 8 heteroatoms. The largest absolute Gasteiger partial charge is 0.316 e. The maximum atomic E-state index is 12.4. The Balaban J connectivity index is 2.17. The van der Waals surface area contributed by atoms with Gasteiger partial charge in [0.25, 0.3) is 11.6 Å². The Hall–Kier alpha value is -2.32. The molecule has 0 saturated heterocycles. The van der Waals surface area contributed by atoms with E-state index in [1.54, 1.807) is 24.3 Å². The average molecular weight is 406 g/mol. The van der Waals surface area contributed by atoms with E-state index in [1.165, 1.54) is 23.5 Å². The molecule has 1 aromatic heterocycles. The molecule has 0 radical (unpaired) electrons. The number of nitrogens with zero attached hydrogens (tertiary/aromatic N) is 3. The Morgan fingerprint density at radius 2 is 2.08 bits per heavy atom. The number of rotatable bonds is 3. The lowest BCUT2D eigenvalue weighted by Gasteiger charge is -2.01. The van der Waals surface area contributed by atoms with E-state index in [2.05, 4.69) is 20.9 Å². The van der Waals surface area contributed by atoms with Gasteiger partial charge < -0.3 is 4.57 Å². The molecule has 1 amide bonds. The standard InChI is InChI=1S/C16H12BrN3O3S/c1-2-19-13-9-10(20(22)23)7-8-14(13)24-16(19)18-15(21)11-5-3-4-6-12(11)17/h3-9H,2H2,1H3. The Kier molecular flexibility index (Phi) is 4.59. The highest BCUT2D eigenvalue weighted by molar-refractivity contribution is 9.10. The molecule has 0 unspecified atom stereocenters. The molecule has 6 nitrogen and oxygen atoms in total. The highest BCUT2D eigenvalue weighted by Gasteiger charge is 2.13. The van der Waals surface area contributed by atoms with Gasteiger partial charge in [0.05, 0.1) is 20.7 Å². The number of aromatic nitrogens is 1. The van der Waals surface area contributed by atoms with Crippen molar-refractivity contribution < 1.29 is 9.72 Å². The molecule has 0 spiro atoms. The number of carbonyl (C=O) groups is 1. The first-order valence-corrected chi connectivity index (χ1v) is 8.73. The summed E-state index contributed by atoms with van der Waals surface area (Å²) in [7, 11) is 0. The lowest BCUT2D eigenvalue weighted by Crippen LogP contribution is -2.16. The van der Waals surface area contributed by atoms with Gasteiger partial charge in [-0.1, -0.05) is 23.5 Å². The first kappa shape index (κ1) is 16.5. The molecule has 122 valence electrons. The molecule has 0 atom stereocenters. The molecule has 0 bridgehead atoms. The minimum atomic E-state index is -0.430. The molecule has 0 aliphatic rings. The number of carbonyl (C=O) groups excluding carboxylic acids is 1. The van der Waals surface area contributed by atoms with Crippen molar-refractivity contribution in [2.24, 2.45) is 4.99 Å². The predicted octanol–water partition coefficient (Wildman–Crippen LogP) is 4.13. The molecule has 0 aliphatic carbocycles. The summed E-state index contributed by atoms with van der Waals surface area (Å²) in [4.78, 5) is 27.7. The fourth-order valence-corrected chi connectivity index (χ4v) is 3.87. The summed E-state index contributed by atoms with van der Waals surface area (Å²) in [5.74, 6) is -0.356. The van der Waals surface area contributed by atoms with E-state index in [-0.39, 0.29) is 11.6 Å². The van der Waals surface area contributed by atoms with Gasteiger partial charge in [0.1, 0.15) is 0 Å². The second-order valence-corrected chi connectivity index (χ2v) is 6.80. The van der Waals surface area contributed by atoms with Crippen molar-refractivity contribution >= 4 is 49.1 Å². The van der Waals surface area contributed by atoms with E-state index in [9.17, 15) is 14.9 Å². The van der Waals surface area contributed by atoms with Gasteiger partial charge in [-0.25, -0.2) is 0 Å². The third-order valence-corrected chi connectivity index (χ3v) is 5.24. The van der Waals surface area contributed by atoms with Crippen LogP contribution in [0, 0.1) is 10.1 Å². The fraction of sp³-hybridized carbons (Fsp3) is 0.125. The topological polar surface area (TPSA) is 77.5 Å². The maximum Gasteiger partial charge on any atom is 0.280 e. The highest BCUT2D eigenvalue weighted by Crippen LogP contribution is 2.23. The van der Waals surface area contributed by atoms with Crippen LogP contribution >= 0.6 is 27.3 Å². The van der Waals surface area contributed by atoms with Crippen molar-refractivity contribution in [1.82, 2.24) is 4.57 Å². The van der Waals surface area contributed by atoms with Crippen LogP contribution in [0.3, 0.4) is 0 Å². The minimum absolute atomic E-state index is 0.0196. The quantitative estimate of drug-likeness (QED) is 0.485. The van der Waals surface area contributed by atoms with Crippen molar-refractivity contribution in [1.29, 1.82) is 0 Å². The fourth-order valence-electron chi connectivity index (χ4n) is 2.34. The summed E-state index contributed by atoms with van der Waals surface area (Å²) in [5.41, 5.74) is 1.20. The molecule has 3 rings (SSSR count). The number of non-ortho nitro benzene ring substituents is 1. The van der Waals surface area contributed by atoms with E-state index < -0.39 is 4.92 Å². The normalized spacial score (nSPS) is 11.8. The number of nitro benzene ring substituents is 1. The smallest absolute Gasteiger partial charge is 0.280 e. The summed E-state index contributed by atoms with van der Waals surface area (Å²) in [6, 6.07) is 11.7. The lowest BCUT2D eigenvalue weighted by atomic mass is 10.2. The van der Waals surface area contributed by atoms with E-state index in [1.807, 2.05) is 17.6 Å². The Labute approximate surface area is 149 Å². The van der Waals surface area contributed by atoms with E-state index in [0.29, 0.717) is 26.9 Å². The zero-order valence-corrected chi connectivity index (χ0v) is 15.0. The van der Waals surface area contributed by atoms with Crippen LogP contribution < -0.4 is 4.80 Å². The molecule has 0 fully saturated rings. The number of fused-ring (bicyclic) bond motifs is 1. The molecular formula is C16H12BrN3O3S. The van der Waals surface area contributed by atoms with Gasteiger partial charge >= 0.3 is 0 Å². The van der Waals surface area contributed by atoms with Crippen molar-refractivity contribution in [3.05, 3.63) is 67.4 Å². The minimum Gasteiger partial charge on any atom is -0.316 e. The van der Waals surface area contributed by atoms with Crippen LogP contribution in [0.1, 0.15) is 17.3 Å². The Morgan fingerprint density at radius 3 is 2.75 bits per heavy atom. The van der Waals surface area contributed by atoms with Gasteiger partial charge in [-0.3, -0.25) is 14.9 Å². The molecule has 1 heterocycles. The molecule has 0 saturated carbocycles. The number of benzene rings is 2. The van der Waals surface area contributed by atoms with Gasteiger partial charge in [-0.15, -0.1) is 0 Å². The van der Waals surface area contributed by atoms with Crippen molar-refractivity contribution in [2.45, 2.75) is 13.5 Å². The van der Waals surface area contributed by atoms with Crippen LogP contribution in [0.5, 0.6) is 0 Å². The predicted molar refractivity (Wildman–Crippen MR) is 96.2 cm³/mol. The molecule has 2 aromatic carbocycles. The van der Waals surface area contributed by atoms with Gasteiger partial charge in [-0.2, -0.15) is 4.99 Å². The van der Waals surface area contributed by atoms with Crippen LogP contribution in [-0.4, -0.2) is 15.4 Å². The Bertz CT molecular complexity index is 1020. The number of hydrogen-bond acceptors (Lipinski definition) is 4. The number of aryl methyl sites for hydroxylation is 1. The third-order valence-electron chi connectivity index (χ3n) is 3.49. The van der Waals surface area contributed by atoms with Gasteiger partial charge in [0.15, 0.2) is 4.80 Å². The maximum absolute atomic E-state index is 12.4. The average Bonchev–Trinajstić information content (AvgIpc) is 2.91. The van der Waals surface area contributed by atoms with Crippen LogP contribution in [0.4, 0.5) is 5.69 Å². The summed E-state index contributed by atoms with van der Waals surface area (Å²) >= 11 is 4.68. The van der Waals surface area contributed by atoms with Crippen LogP contribution in [-0.2, 0) is 6.54 Å². The van der Waals surface area contributed by atoms with E-state index in [4.69, 9.17) is 0 Å². The third kappa shape index (κ3) is 3.02. The summed E-state index contributed by atoms with van der Waals surface area (Å²) in [6.07, 6.45) is 0. The molecule has 3 aromatic rings. The van der Waals surface area contributed by atoms with Gasteiger partial charge in [0, 0.05) is 23.2 Å². The first-order chi connectivity index (χ1) is 11.5. The number of nitro groups is 1. The summed E-state index contributed by atoms with van der Waals surface area (Å²) in [6.45, 7) is 2.47. The summed E-state index contributed by atoms with van der Waals surface area (Å²) < 4.78 is 3.33. The molecule has 0 aliphatic heterocycles. The first-order valence-electron chi connectivity index (χ1n) is 7.12. The van der Waals surface area contributed by atoms with Crippen molar-refractivity contribution in [3.8, 4) is 0 Å². The zero-order valence-electron chi connectivity index (χ0n) is 12.6. The van der Waals surface area contributed by atoms with Crippen LogP contribution in [0.15, 0.2) is 51.9 Å². The monoisotopic (exact) mass is 405 g/mol. The van der Waals surface area contributed by atoms with Crippen LogP contribution in [0.25, 0.3) is 10.2 Å². The molecular weight excluding hydrogens is 394 g/mol. The Morgan fingerprint density at radius 1 is 1.33 bits per heavy atom. The van der Waals surface area contributed by atoms with Crippen molar-refractivity contribution in [2.75, 3.05) is 0 Å². The van der Waals surface area contributed by atoms with Crippen LogP contribution in [0.2, 0.25) is 0 Å². The van der Waals surface area contributed by atoms with E-state index in [0.717, 1.165) is 4.70 Å². The number of amides is 1. The zero-order chi connectivity index (χ0) is 17.3. The molecule has 0 N–H and O–H groups in total. The van der Waals surface area contributed by atoms with Crippen molar-refractivity contribution in [3.63, 3.8) is 0 Å². The number of hydrogen-bond donors (Lipinski definition) is 0. The summed E-state index contributed by atoms with van der Waals surface area (Å²) in [5, 5.41) is 11.0. The lowest BCUT2D eigenvalue weighted by molar-refractivity contribution is -0.384. The van der Waals surface area contributed by atoms with Gasteiger partial charge in [0.2, 0.25) is 0 Å². The van der Waals surface area contributed by atoms with Gasteiger partial charge in [-0.05, 0) is 41.1 Å². The molecule has 24 heavy (non-hydrogen) atoms. The van der Waals surface area contributed by atoms with E-state index >= 15 is 0 Å². The second kappa shape index (κ2) is 6.66. The SMILES string of the molecule is CCn1c(=NC(=O)c2ccccc2Br)sc2ccc([N+](=O)[O-])cc21. The highest BCUT2D eigenvalue weighted by atomic mass is 79.9. The number of thiazole rings is 1. The second-order valence-electron chi connectivity index (χ2n) is 4.93. The number of halogens is 1.